The zero-order valence-electron chi connectivity index (χ0n) is 11.6. The van der Waals surface area contributed by atoms with Crippen LogP contribution < -0.4 is 5.32 Å². The molecular formula is C14H17BrN4O. The fourth-order valence-corrected chi connectivity index (χ4v) is 2.15. The van der Waals surface area contributed by atoms with Crippen LogP contribution in [-0.2, 0) is 11.3 Å². The molecule has 0 spiro atoms. The fourth-order valence-electron chi connectivity index (χ4n) is 1.72. The number of methoxy groups -OCH3 is 1. The lowest BCUT2D eigenvalue weighted by molar-refractivity contribution is 0.181. The number of rotatable bonds is 6. The molecule has 0 fully saturated rings. The van der Waals surface area contributed by atoms with Crippen LogP contribution in [0.5, 0.6) is 0 Å². The number of hydrogen-bond donors (Lipinski definition) is 1. The third-order valence-electron chi connectivity index (χ3n) is 2.60. The van der Waals surface area contributed by atoms with Crippen LogP contribution in [0.4, 0.5) is 5.82 Å². The standard InChI is InChI=1S/C14H17BrN4O/c1-3-6-16-12-8-10(9-20-2)18-14(19-12)13-11(15)5-4-7-17-13/h4-5,7-8H,3,6,9H2,1-2H3,(H,16,18,19). The van der Waals surface area contributed by atoms with Gasteiger partial charge in [-0.3, -0.25) is 4.98 Å². The molecule has 20 heavy (non-hydrogen) atoms. The first-order chi connectivity index (χ1) is 9.74. The van der Waals surface area contributed by atoms with Crippen LogP contribution in [0.3, 0.4) is 0 Å². The van der Waals surface area contributed by atoms with Gasteiger partial charge in [-0.25, -0.2) is 9.97 Å². The Hall–Kier alpha value is -1.53. The Labute approximate surface area is 127 Å². The molecule has 6 heteroatoms. The summed E-state index contributed by atoms with van der Waals surface area (Å²) in [6.45, 7) is 3.42. The Morgan fingerprint density at radius 2 is 2.20 bits per heavy atom. The van der Waals surface area contributed by atoms with E-state index in [9.17, 15) is 0 Å². The van der Waals surface area contributed by atoms with Crippen molar-refractivity contribution < 1.29 is 4.74 Å². The molecule has 0 saturated heterocycles. The van der Waals surface area contributed by atoms with E-state index >= 15 is 0 Å². The van der Waals surface area contributed by atoms with Crippen LogP contribution in [0.2, 0.25) is 0 Å². The maximum Gasteiger partial charge on any atom is 0.181 e. The number of anilines is 1. The highest BCUT2D eigenvalue weighted by Crippen LogP contribution is 2.24. The summed E-state index contributed by atoms with van der Waals surface area (Å²) in [5.41, 5.74) is 1.55. The number of ether oxygens (including phenoxy) is 1. The van der Waals surface area contributed by atoms with Gasteiger partial charge in [0.05, 0.1) is 12.3 Å². The van der Waals surface area contributed by atoms with Crippen LogP contribution in [0, 0.1) is 0 Å². The summed E-state index contributed by atoms with van der Waals surface area (Å²) >= 11 is 3.48. The Morgan fingerprint density at radius 1 is 1.35 bits per heavy atom. The molecule has 0 atom stereocenters. The van der Waals surface area contributed by atoms with E-state index in [2.05, 4.69) is 43.1 Å². The van der Waals surface area contributed by atoms with Gasteiger partial charge in [-0.15, -0.1) is 0 Å². The lowest BCUT2D eigenvalue weighted by Gasteiger charge is -2.09. The lowest BCUT2D eigenvalue weighted by Crippen LogP contribution is -2.06. The van der Waals surface area contributed by atoms with Crippen LogP contribution in [0.15, 0.2) is 28.9 Å². The van der Waals surface area contributed by atoms with E-state index in [1.165, 1.54) is 0 Å². The first-order valence-corrected chi connectivity index (χ1v) is 7.25. The summed E-state index contributed by atoms with van der Waals surface area (Å²) < 4.78 is 6.03. The largest absolute Gasteiger partial charge is 0.378 e. The molecule has 0 radical (unpaired) electrons. The fraction of sp³-hybridized carbons (Fsp3) is 0.357. The van der Waals surface area contributed by atoms with Crippen molar-refractivity contribution in [2.45, 2.75) is 20.0 Å². The first kappa shape index (κ1) is 14.9. The quantitative estimate of drug-likeness (QED) is 0.877. The highest BCUT2D eigenvalue weighted by Gasteiger charge is 2.10. The summed E-state index contributed by atoms with van der Waals surface area (Å²) in [5, 5.41) is 3.27. The zero-order valence-corrected chi connectivity index (χ0v) is 13.1. The van der Waals surface area contributed by atoms with Gasteiger partial charge < -0.3 is 10.1 Å². The minimum absolute atomic E-state index is 0.445. The molecule has 5 nitrogen and oxygen atoms in total. The van der Waals surface area contributed by atoms with E-state index in [0.29, 0.717) is 12.4 Å². The van der Waals surface area contributed by atoms with Crippen molar-refractivity contribution in [3.05, 3.63) is 34.6 Å². The van der Waals surface area contributed by atoms with E-state index in [1.54, 1.807) is 13.3 Å². The molecule has 2 heterocycles. The van der Waals surface area contributed by atoms with E-state index < -0.39 is 0 Å². The van der Waals surface area contributed by atoms with Crippen molar-refractivity contribution in [1.82, 2.24) is 15.0 Å². The van der Waals surface area contributed by atoms with Crippen molar-refractivity contribution in [2.24, 2.45) is 0 Å². The van der Waals surface area contributed by atoms with Crippen molar-refractivity contribution >= 4 is 21.7 Å². The first-order valence-electron chi connectivity index (χ1n) is 6.46. The van der Waals surface area contributed by atoms with Gasteiger partial charge in [0.2, 0.25) is 0 Å². The molecule has 0 bridgehead atoms. The van der Waals surface area contributed by atoms with Crippen molar-refractivity contribution in [3.8, 4) is 11.5 Å². The normalized spacial score (nSPS) is 10.6. The number of nitrogens with one attached hydrogen (secondary N) is 1. The lowest BCUT2D eigenvalue weighted by atomic mass is 10.3. The van der Waals surface area contributed by atoms with Gasteiger partial charge in [-0.2, -0.15) is 0 Å². The number of aromatic nitrogens is 3. The maximum absolute atomic E-state index is 5.16. The second kappa shape index (κ2) is 7.31. The number of hydrogen-bond acceptors (Lipinski definition) is 5. The number of pyridine rings is 1. The van der Waals surface area contributed by atoms with E-state index in [0.717, 1.165) is 34.6 Å². The van der Waals surface area contributed by atoms with Gasteiger partial charge in [0, 0.05) is 30.4 Å². The van der Waals surface area contributed by atoms with Gasteiger partial charge in [0.15, 0.2) is 5.82 Å². The summed E-state index contributed by atoms with van der Waals surface area (Å²) in [5.74, 6) is 1.38. The molecule has 106 valence electrons. The van der Waals surface area contributed by atoms with Crippen molar-refractivity contribution in [2.75, 3.05) is 19.0 Å². The van der Waals surface area contributed by atoms with E-state index in [4.69, 9.17) is 4.74 Å². The Kier molecular flexibility index (Phi) is 5.43. The second-order valence-corrected chi connectivity index (χ2v) is 5.12. The van der Waals surface area contributed by atoms with Crippen LogP contribution in [0.1, 0.15) is 19.0 Å². The smallest absolute Gasteiger partial charge is 0.181 e. The third-order valence-corrected chi connectivity index (χ3v) is 3.24. The monoisotopic (exact) mass is 336 g/mol. The molecule has 1 N–H and O–H groups in total. The predicted octanol–water partition coefficient (Wildman–Crippen LogP) is 3.27. The SMILES string of the molecule is CCCNc1cc(COC)nc(-c2ncccc2Br)n1. The molecule has 2 aromatic heterocycles. The molecule has 0 aromatic carbocycles. The topological polar surface area (TPSA) is 59.9 Å². The highest BCUT2D eigenvalue weighted by atomic mass is 79.9. The van der Waals surface area contributed by atoms with Gasteiger partial charge >= 0.3 is 0 Å². The van der Waals surface area contributed by atoms with E-state index in [-0.39, 0.29) is 0 Å². The molecule has 0 aliphatic heterocycles. The van der Waals surface area contributed by atoms with Crippen molar-refractivity contribution in [3.63, 3.8) is 0 Å². The van der Waals surface area contributed by atoms with Gasteiger partial charge in [0.1, 0.15) is 11.5 Å². The Morgan fingerprint density at radius 3 is 2.90 bits per heavy atom. The summed E-state index contributed by atoms with van der Waals surface area (Å²) in [6, 6.07) is 5.69. The summed E-state index contributed by atoms with van der Waals surface area (Å²) in [4.78, 5) is 13.3. The van der Waals surface area contributed by atoms with Gasteiger partial charge in [0.25, 0.3) is 0 Å². The molecule has 0 saturated carbocycles. The maximum atomic E-state index is 5.16. The molecule has 0 aliphatic rings. The molecule has 2 rings (SSSR count). The molecular weight excluding hydrogens is 320 g/mol. The number of halogens is 1. The predicted molar refractivity (Wildman–Crippen MR) is 82.5 cm³/mol. The van der Waals surface area contributed by atoms with Gasteiger partial charge in [-0.05, 0) is 34.5 Å². The second-order valence-electron chi connectivity index (χ2n) is 4.26. The molecule has 0 aliphatic carbocycles. The molecule has 2 aromatic rings. The average molecular weight is 337 g/mol. The average Bonchev–Trinajstić information content (AvgIpc) is 2.46. The minimum atomic E-state index is 0.445. The van der Waals surface area contributed by atoms with Crippen LogP contribution in [0.25, 0.3) is 11.5 Å². The summed E-state index contributed by atoms with van der Waals surface area (Å²) in [7, 11) is 1.65. The zero-order chi connectivity index (χ0) is 14.4. The minimum Gasteiger partial charge on any atom is -0.378 e. The molecule has 0 amide bonds. The Balaban J connectivity index is 2.40. The van der Waals surface area contributed by atoms with Crippen LogP contribution in [-0.4, -0.2) is 28.6 Å². The van der Waals surface area contributed by atoms with Crippen LogP contribution >= 0.6 is 15.9 Å². The molecule has 0 unspecified atom stereocenters. The van der Waals surface area contributed by atoms with Gasteiger partial charge in [-0.1, -0.05) is 6.92 Å². The third kappa shape index (κ3) is 3.74. The summed E-state index contributed by atoms with van der Waals surface area (Å²) in [6.07, 6.45) is 2.76. The highest BCUT2D eigenvalue weighted by molar-refractivity contribution is 9.10. The Bertz CT molecular complexity index is 577. The number of nitrogens with zero attached hydrogens (tertiary/aromatic N) is 3. The van der Waals surface area contributed by atoms with E-state index in [1.807, 2.05) is 18.2 Å². The van der Waals surface area contributed by atoms with Crippen molar-refractivity contribution in [1.29, 1.82) is 0 Å².